The van der Waals surface area contributed by atoms with Gasteiger partial charge in [0.2, 0.25) is 11.0 Å². The molecule has 0 N–H and O–H groups in total. The van der Waals surface area contributed by atoms with E-state index in [1.807, 2.05) is 46.7 Å². The van der Waals surface area contributed by atoms with Crippen molar-refractivity contribution in [2.24, 2.45) is 0 Å². The Bertz CT molecular complexity index is 926. The Balaban J connectivity index is 1.35. The quantitative estimate of drug-likeness (QED) is 0.608. The highest BCUT2D eigenvalue weighted by molar-refractivity contribution is 7.10. The first-order valence-electron chi connectivity index (χ1n) is 9.22. The largest absolute Gasteiger partial charge is 0.343 e. The topological polar surface area (TPSA) is 49.3 Å². The number of carbonyl (C=O) groups excluding carboxylic acids is 1. The lowest BCUT2D eigenvalue weighted by Crippen LogP contribution is -2.54. The van der Waals surface area contributed by atoms with Gasteiger partial charge in [0.25, 0.3) is 0 Å². The molecule has 1 saturated heterocycles. The molecule has 0 saturated carbocycles. The number of anilines is 1. The first-order chi connectivity index (χ1) is 13.6. The van der Waals surface area contributed by atoms with Gasteiger partial charge in [-0.25, -0.2) is 4.98 Å². The lowest BCUT2D eigenvalue weighted by Gasteiger charge is -2.39. The summed E-state index contributed by atoms with van der Waals surface area (Å²) < 4.78 is 4.51. The van der Waals surface area contributed by atoms with Gasteiger partial charge in [0.15, 0.2) is 0 Å². The number of halogens is 1. The molecule has 3 aromatic rings. The number of carbonyl (C=O) groups is 1. The van der Waals surface area contributed by atoms with Gasteiger partial charge in [0.05, 0.1) is 6.42 Å². The van der Waals surface area contributed by atoms with Crippen LogP contribution < -0.4 is 4.90 Å². The summed E-state index contributed by atoms with van der Waals surface area (Å²) in [5, 5.41) is 3.68. The fourth-order valence-electron chi connectivity index (χ4n) is 3.40. The number of piperazine rings is 1. The van der Waals surface area contributed by atoms with Crippen molar-refractivity contribution in [1.82, 2.24) is 14.3 Å². The second-order valence-corrected chi connectivity index (χ2v) is 9.13. The highest BCUT2D eigenvalue weighted by Crippen LogP contribution is 2.23. The summed E-state index contributed by atoms with van der Waals surface area (Å²) in [5.41, 5.74) is 1.14. The molecule has 1 fully saturated rings. The summed E-state index contributed by atoms with van der Waals surface area (Å²) in [6.07, 6.45) is 1.19. The molecule has 1 aliphatic rings. The van der Waals surface area contributed by atoms with Crippen LogP contribution in [0.15, 0.2) is 41.8 Å². The summed E-state index contributed by atoms with van der Waals surface area (Å²) in [5.74, 6) is 1.03. The van der Waals surface area contributed by atoms with Gasteiger partial charge in [-0.05, 0) is 36.1 Å². The minimum atomic E-state index is 0.157. The molecule has 1 aliphatic heterocycles. The molecular weight excluding hydrogens is 412 g/mol. The molecule has 8 heteroatoms. The van der Waals surface area contributed by atoms with Crippen molar-refractivity contribution < 1.29 is 4.79 Å². The molecule has 0 radical (unpaired) electrons. The molecule has 146 valence electrons. The Labute approximate surface area is 177 Å². The molecule has 0 bridgehead atoms. The van der Waals surface area contributed by atoms with Gasteiger partial charge in [-0.3, -0.25) is 4.79 Å². The number of thiophene rings is 1. The van der Waals surface area contributed by atoms with E-state index < -0.39 is 0 Å². The van der Waals surface area contributed by atoms with Crippen LogP contribution in [0, 0.1) is 0 Å². The van der Waals surface area contributed by atoms with E-state index in [0.29, 0.717) is 12.8 Å². The zero-order chi connectivity index (χ0) is 19.5. The van der Waals surface area contributed by atoms with Gasteiger partial charge >= 0.3 is 0 Å². The summed E-state index contributed by atoms with van der Waals surface area (Å²) >= 11 is 9.01. The van der Waals surface area contributed by atoms with Crippen LogP contribution >= 0.6 is 34.5 Å². The van der Waals surface area contributed by atoms with E-state index in [-0.39, 0.29) is 11.9 Å². The maximum atomic E-state index is 12.6. The van der Waals surface area contributed by atoms with Gasteiger partial charge in [-0.1, -0.05) is 29.8 Å². The predicted molar refractivity (Wildman–Crippen MR) is 116 cm³/mol. The number of hydrogen-bond acceptors (Lipinski definition) is 6. The van der Waals surface area contributed by atoms with Gasteiger partial charge < -0.3 is 9.80 Å². The number of hydrogen-bond donors (Lipinski definition) is 0. The van der Waals surface area contributed by atoms with Crippen LogP contribution in [0.2, 0.25) is 5.02 Å². The maximum absolute atomic E-state index is 12.6. The van der Waals surface area contributed by atoms with Crippen LogP contribution in [0.5, 0.6) is 0 Å². The molecule has 28 heavy (non-hydrogen) atoms. The third kappa shape index (κ3) is 4.54. The molecular formula is C20H21ClN4OS2. The van der Waals surface area contributed by atoms with E-state index >= 15 is 0 Å². The maximum Gasteiger partial charge on any atom is 0.228 e. The van der Waals surface area contributed by atoms with Crippen LogP contribution in [-0.2, 0) is 17.6 Å². The molecule has 4 rings (SSSR count). The third-order valence-corrected chi connectivity index (χ3v) is 6.80. The van der Waals surface area contributed by atoms with Crippen molar-refractivity contribution in [2.45, 2.75) is 25.8 Å². The number of benzene rings is 1. The van der Waals surface area contributed by atoms with E-state index in [1.54, 1.807) is 11.3 Å². The number of amides is 1. The SMILES string of the molecule is CC1CN(c2nc(Cc3ccc(Cl)cc3)ns2)CCN1C(=O)Cc1cccs1. The van der Waals surface area contributed by atoms with Gasteiger partial charge in [-0.2, -0.15) is 4.37 Å². The van der Waals surface area contributed by atoms with Crippen LogP contribution in [0.3, 0.4) is 0 Å². The summed E-state index contributed by atoms with van der Waals surface area (Å²) in [6.45, 7) is 4.40. The van der Waals surface area contributed by atoms with Crippen molar-refractivity contribution in [2.75, 3.05) is 24.5 Å². The Morgan fingerprint density at radius 2 is 2.07 bits per heavy atom. The first kappa shape index (κ1) is 19.4. The van der Waals surface area contributed by atoms with E-state index in [0.717, 1.165) is 46.1 Å². The van der Waals surface area contributed by atoms with Crippen molar-refractivity contribution >= 4 is 45.5 Å². The van der Waals surface area contributed by atoms with Crippen molar-refractivity contribution in [3.8, 4) is 0 Å². The molecule has 0 spiro atoms. The number of aromatic nitrogens is 2. The normalized spacial score (nSPS) is 17.1. The van der Waals surface area contributed by atoms with Crippen LogP contribution in [0.25, 0.3) is 0 Å². The van der Waals surface area contributed by atoms with Crippen LogP contribution in [-0.4, -0.2) is 45.8 Å². The Kier molecular flexibility index (Phi) is 5.94. The minimum absolute atomic E-state index is 0.157. The zero-order valence-corrected chi connectivity index (χ0v) is 17.9. The summed E-state index contributed by atoms with van der Waals surface area (Å²) in [6, 6.07) is 12.0. The molecule has 3 heterocycles. The zero-order valence-electron chi connectivity index (χ0n) is 15.5. The summed E-state index contributed by atoms with van der Waals surface area (Å²) in [4.78, 5) is 22.7. The third-order valence-electron chi connectivity index (χ3n) is 4.86. The smallest absolute Gasteiger partial charge is 0.228 e. The van der Waals surface area contributed by atoms with Gasteiger partial charge in [0, 0.05) is 53.5 Å². The van der Waals surface area contributed by atoms with Crippen molar-refractivity contribution in [3.63, 3.8) is 0 Å². The monoisotopic (exact) mass is 432 g/mol. The second kappa shape index (κ2) is 8.59. The molecule has 2 aromatic heterocycles. The lowest BCUT2D eigenvalue weighted by atomic mass is 10.1. The van der Waals surface area contributed by atoms with Crippen LogP contribution in [0.4, 0.5) is 5.13 Å². The molecule has 1 aromatic carbocycles. The van der Waals surface area contributed by atoms with E-state index in [4.69, 9.17) is 16.6 Å². The molecule has 1 atom stereocenters. The second-order valence-electron chi connectivity index (χ2n) is 6.93. The van der Waals surface area contributed by atoms with Gasteiger partial charge in [0.1, 0.15) is 5.82 Å². The molecule has 0 aliphatic carbocycles. The predicted octanol–water partition coefficient (Wildman–Crippen LogP) is 4.12. The molecule has 1 amide bonds. The Hall–Kier alpha value is -1.96. The highest BCUT2D eigenvalue weighted by Gasteiger charge is 2.29. The lowest BCUT2D eigenvalue weighted by molar-refractivity contribution is -0.132. The van der Waals surface area contributed by atoms with E-state index in [9.17, 15) is 4.79 Å². The average Bonchev–Trinajstić information content (AvgIpc) is 3.35. The molecule has 1 unspecified atom stereocenters. The average molecular weight is 433 g/mol. The summed E-state index contributed by atoms with van der Waals surface area (Å²) in [7, 11) is 0. The fraction of sp³-hybridized carbons (Fsp3) is 0.350. The van der Waals surface area contributed by atoms with Crippen molar-refractivity contribution in [1.29, 1.82) is 0 Å². The van der Waals surface area contributed by atoms with E-state index in [2.05, 4.69) is 16.2 Å². The van der Waals surface area contributed by atoms with Crippen LogP contribution in [0.1, 0.15) is 23.2 Å². The standard InChI is InChI=1S/C20H21ClN4OS2/c1-14-13-24(8-9-25(14)19(26)12-17-3-2-10-27-17)20-22-18(23-28-20)11-15-4-6-16(21)7-5-15/h2-7,10,14H,8-9,11-13H2,1H3. The Morgan fingerprint density at radius 1 is 1.25 bits per heavy atom. The molecule has 5 nitrogen and oxygen atoms in total. The number of nitrogens with zero attached hydrogens (tertiary/aromatic N) is 4. The minimum Gasteiger partial charge on any atom is -0.343 e. The number of rotatable bonds is 5. The van der Waals surface area contributed by atoms with Gasteiger partial charge in [-0.15, -0.1) is 11.3 Å². The van der Waals surface area contributed by atoms with Crippen molar-refractivity contribution in [3.05, 3.63) is 63.1 Å². The Morgan fingerprint density at radius 3 is 2.79 bits per heavy atom. The first-order valence-corrected chi connectivity index (χ1v) is 11.3. The highest BCUT2D eigenvalue weighted by atomic mass is 35.5. The van der Waals surface area contributed by atoms with E-state index in [1.165, 1.54) is 11.5 Å². The fourth-order valence-corrected chi connectivity index (χ4v) is 4.94.